The highest BCUT2D eigenvalue weighted by atomic mass is 32.2. The summed E-state index contributed by atoms with van der Waals surface area (Å²) in [5.41, 5.74) is -0.630. The number of primary sulfonamides is 1. The van der Waals surface area contributed by atoms with Gasteiger partial charge in [-0.3, -0.25) is 4.79 Å². The molecule has 0 aromatic heterocycles. The molecular weight excluding hydrogens is 285 g/mol. The standard InChI is InChI=1S/C10H11F3N2O3S/c1-15(5-9(12)13)10(16)7-4-6(19(14,17)18)2-3-8(7)11/h2-4,9H,5H2,1H3,(H2,14,17,18). The van der Waals surface area contributed by atoms with E-state index in [9.17, 15) is 26.4 Å². The van der Waals surface area contributed by atoms with Gasteiger partial charge in [-0.1, -0.05) is 0 Å². The van der Waals surface area contributed by atoms with Gasteiger partial charge in [-0.25, -0.2) is 26.7 Å². The van der Waals surface area contributed by atoms with Gasteiger partial charge in [0.15, 0.2) is 0 Å². The number of carbonyl (C=O) groups excluding carboxylic acids is 1. The fraction of sp³-hybridized carbons (Fsp3) is 0.300. The first-order chi connectivity index (χ1) is 8.62. The lowest BCUT2D eigenvalue weighted by Crippen LogP contribution is -2.32. The number of rotatable bonds is 4. The summed E-state index contributed by atoms with van der Waals surface area (Å²) in [4.78, 5) is 11.8. The first kappa shape index (κ1) is 15.4. The summed E-state index contributed by atoms with van der Waals surface area (Å²) < 4.78 is 59.8. The SMILES string of the molecule is CN(CC(F)F)C(=O)c1cc(S(N)(=O)=O)ccc1F. The van der Waals surface area contributed by atoms with Gasteiger partial charge < -0.3 is 4.90 Å². The third-order valence-electron chi connectivity index (χ3n) is 2.26. The van der Waals surface area contributed by atoms with E-state index in [0.29, 0.717) is 4.90 Å². The van der Waals surface area contributed by atoms with Crippen molar-refractivity contribution in [1.82, 2.24) is 4.90 Å². The number of nitrogens with two attached hydrogens (primary N) is 1. The Balaban J connectivity index is 3.16. The van der Waals surface area contributed by atoms with Gasteiger partial charge in [0, 0.05) is 7.05 Å². The van der Waals surface area contributed by atoms with Crippen LogP contribution < -0.4 is 5.14 Å². The van der Waals surface area contributed by atoms with Gasteiger partial charge >= 0.3 is 0 Å². The van der Waals surface area contributed by atoms with E-state index in [2.05, 4.69) is 0 Å². The highest BCUT2D eigenvalue weighted by Gasteiger charge is 2.21. The molecule has 106 valence electrons. The van der Waals surface area contributed by atoms with E-state index >= 15 is 0 Å². The van der Waals surface area contributed by atoms with Gasteiger partial charge in [-0.2, -0.15) is 0 Å². The van der Waals surface area contributed by atoms with E-state index in [1.807, 2.05) is 0 Å². The fourth-order valence-electron chi connectivity index (χ4n) is 1.34. The number of halogens is 3. The van der Waals surface area contributed by atoms with Crippen LogP contribution in [0, 0.1) is 5.82 Å². The Morgan fingerprint density at radius 3 is 2.47 bits per heavy atom. The maximum atomic E-state index is 13.4. The Bertz CT molecular complexity index is 590. The second-order valence-corrected chi connectivity index (χ2v) is 5.32. The molecule has 5 nitrogen and oxygen atoms in total. The molecule has 0 saturated heterocycles. The molecule has 0 radical (unpaired) electrons. The van der Waals surface area contributed by atoms with Crippen LogP contribution in [0.5, 0.6) is 0 Å². The quantitative estimate of drug-likeness (QED) is 0.893. The summed E-state index contributed by atoms with van der Waals surface area (Å²) in [5, 5.41) is 4.84. The number of carbonyl (C=O) groups is 1. The second-order valence-electron chi connectivity index (χ2n) is 3.76. The van der Waals surface area contributed by atoms with Gasteiger partial charge in [0.2, 0.25) is 10.0 Å². The number of amides is 1. The third-order valence-corrected chi connectivity index (χ3v) is 3.17. The van der Waals surface area contributed by atoms with Gasteiger partial charge in [0.25, 0.3) is 12.3 Å². The minimum atomic E-state index is -4.11. The molecule has 0 fully saturated rings. The maximum Gasteiger partial charge on any atom is 0.256 e. The van der Waals surface area contributed by atoms with Crippen molar-refractivity contribution in [3.05, 3.63) is 29.6 Å². The predicted octanol–water partition coefficient (Wildman–Crippen LogP) is 0.810. The minimum Gasteiger partial charge on any atom is -0.336 e. The van der Waals surface area contributed by atoms with Crippen molar-refractivity contribution < 1.29 is 26.4 Å². The first-order valence-electron chi connectivity index (χ1n) is 4.99. The highest BCUT2D eigenvalue weighted by Crippen LogP contribution is 2.16. The second kappa shape index (κ2) is 5.57. The molecular formula is C10H11F3N2O3S. The normalized spacial score (nSPS) is 11.7. The third kappa shape index (κ3) is 3.93. The predicted molar refractivity (Wildman–Crippen MR) is 60.7 cm³/mol. The molecule has 1 rings (SSSR count). The molecule has 1 aromatic rings. The van der Waals surface area contributed by atoms with Crippen LogP contribution in [0.4, 0.5) is 13.2 Å². The lowest BCUT2D eigenvalue weighted by molar-refractivity contribution is 0.0616. The Morgan fingerprint density at radius 2 is 2.00 bits per heavy atom. The number of hydrogen-bond donors (Lipinski definition) is 1. The lowest BCUT2D eigenvalue weighted by Gasteiger charge is -2.17. The van der Waals surface area contributed by atoms with Crippen LogP contribution in [0.2, 0.25) is 0 Å². The van der Waals surface area contributed by atoms with Crippen molar-refractivity contribution in [2.45, 2.75) is 11.3 Å². The Labute approximate surface area is 107 Å². The summed E-state index contributed by atoms with van der Waals surface area (Å²) in [5.74, 6) is -2.07. The van der Waals surface area contributed by atoms with Gasteiger partial charge in [-0.15, -0.1) is 0 Å². The van der Waals surface area contributed by atoms with Crippen LogP contribution in [-0.2, 0) is 10.0 Å². The van der Waals surface area contributed by atoms with Crippen molar-refractivity contribution in [2.75, 3.05) is 13.6 Å². The number of alkyl halides is 2. The summed E-state index contributed by atoms with van der Waals surface area (Å²) in [6.45, 7) is -0.891. The fourth-order valence-corrected chi connectivity index (χ4v) is 1.88. The minimum absolute atomic E-state index is 0.470. The summed E-state index contributed by atoms with van der Waals surface area (Å²) in [6, 6.07) is 2.34. The zero-order valence-corrected chi connectivity index (χ0v) is 10.6. The molecule has 2 N–H and O–H groups in total. The maximum absolute atomic E-state index is 13.4. The molecule has 1 aromatic carbocycles. The number of sulfonamides is 1. The summed E-state index contributed by atoms with van der Waals surface area (Å²) in [6.07, 6.45) is -2.78. The van der Waals surface area contributed by atoms with E-state index < -0.39 is 45.2 Å². The van der Waals surface area contributed by atoms with Crippen LogP contribution in [0.15, 0.2) is 23.1 Å². The molecule has 0 bridgehead atoms. The number of benzene rings is 1. The molecule has 0 saturated carbocycles. The Hall–Kier alpha value is -1.61. The smallest absolute Gasteiger partial charge is 0.256 e. The molecule has 0 heterocycles. The van der Waals surface area contributed by atoms with E-state index in [0.717, 1.165) is 25.2 Å². The molecule has 0 aliphatic carbocycles. The molecule has 0 aliphatic heterocycles. The van der Waals surface area contributed by atoms with Crippen LogP contribution in [0.3, 0.4) is 0 Å². The monoisotopic (exact) mass is 296 g/mol. The van der Waals surface area contributed by atoms with E-state index in [1.165, 1.54) is 0 Å². The summed E-state index contributed by atoms with van der Waals surface area (Å²) in [7, 11) is -3.06. The molecule has 9 heteroatoms. The van der Waals surface area contributed by atoms with E-state index in [-0.39, 0.29) is 0 Å². The zero-order valence-electron chi connectivity index (χ0n) is 9.81. The number of hydrogen-bond acceptors (Lipinski definition) is 3. The first-order valence-corrected chi connectivity index (χ1v) is 6.53. The molecule has 0 unspecified atom stereocenters. The Morgan fingerprint density at radius 1 is 1.42 bits per heavy atom. The molecule has 1 amide bonds. The highest BCUT2D eigenvalue weighted by molar-refractivity contribution is 7.89. The van der Waals surface area contributed by atoms with Crippen LogP contribution in [-0.4, -0.2) is 39.2 Å². The van der Waals surface area contributed by atoms with Crippen molar-refractivity contribution in [3.63, 3.8) is 0 Å². The molecule has 0 spiro atoms. The average molecular weight is 296 g/mol. The van der Waals surface area contributed by atoms with Gasteiger partial charge in [0.1, 0.15) is 5.82 Å². The average Bonchev–Trinajstić information content (AvgIpc) is 2.26. The van der Waals surface area contributed by atoms with Gasteiger partial charge in [-0.05, 0) is 18.2 Å². The van der Waals surface area contributed by atoms with Crippen molar-refractivity contribution in [1.29, 1.82) is 0 Å². The zero-order chi connectivity index (χ0) is 14.8. The number of nitrogens with zero attached hydrogens (tertiary/aromatic N) is 1. The van der Waals surface area contributed by atoms with Crippen molar-refractivity contribution >= 4 is 15.9 Å². The van der Waals surface area contributed by atoms with Crippen LogP contribution in [0.25, 0.3) is 0 Å². The van der Waals surface area contributed by atoms with Crippen LogP contribution in [0.1, 0.15) is 10.4 Å². The van der Waals surface area contributed by atoms with Gasteiger partial charge in [0.05, 0.1) is 17.0 Å². The molecule has 0 atom stereocenters. The largest absolute Gasteiger partial charge is 0.336 e. The van der Waals surface area contributed by atoms with Crippen molar-refractivity contribution in [2.24, 2.45) is 5.14 Å². The topological polar surface area (TPSA) is 80.5 Å². The molecule has 19 heavy (non-hydrogen) atoms. The van der Waals surface area contributed by atoms with Crippen molar-refractivity contribution in [3.8, 4) is 0 Å². The lowest BCUT2D eigenvalue weighted by atomic mass is 10.2. The summed E-state index contributed by atoms with van der Waals surface area (Å²) >= 11 is 0. The van der Waals surface area contributed by atoms with E-state index in [1.54, 1.807) is 0 Å². The Kier molecular flexibility index (Phi) is 4.53. The van der Waals surface area contributed by atoms with E-state index in [4.69, 9.17) is 5.14 Å². The van der Waals surface area contributed by atoms with Crippen LogP contribution >= 0.6 is 0 Å². The molecule has 0 aliphatic rings.